The third-order valence-electron chi connectivity index (χ3n) is 5.58. The minimum absolute atomic E-state index is 0. The molecule has 0 N–H and O–H groups in total. The minimum Gasteiger partial charge on any atom is -0.462 e. The van der Waals surface area contributed by atoms with Crippen LogP contribution in [0.4, 0.5) is 0 Å². The fraction of sp³-hybridized carbons (Fsp3) is 0.938. The quantitative estimate of drug-likeness (QED) is 0.705. The van der Waals surface area contributed by atoms with Crippen LogP contribution in [0.1, 0.15) is 32.1 Å². The minimum atomic E-state index is 0. The fourth-order valence-corrected chi connectivity index (χ4v) is 4.02. The Bertz CT molecular complexity index is 364. The second-order valence-corrected chi connectivity index (χ2v) is 7.03. The molecule has 0 saturated carbocycles. The number of hydrogen-bond donors (Lipinski definition) is 0. The second kappa shape index (κ2) is 9.42. The van der Waals surface area contributed by atoms with Crippen LogP contribution in [0.25, 0.3) is 0 Å². The third-order valence-corrected chi connectivity index (χ3v) is 5.58. The topological polar surface area (TPSA) is 36.0 Å². The van der Waals surface area contributed by atoms with E-state index in [2.05, 4.69) is 28.8 Å². The van der Waals surface area contributed by atoms with Gasteiger partial charge in [0.1, 0.15) is 6.10 Å². The molecule has 0 radical (unpaired) electrons. The molecular weight excluding hydrogens is 337 g/mol. The molecule has 136 valence electrons. The Morgan fingerprint density at radius 2 is 1.57 bits per heavy atom. The molecule has 3 fully saturated rings. The molecule has 0 aliphatic carbocycles. The van der Waals surface area contributed by atoms with E-state index in [4.69, 9.17) is 4.74 Å². The van der Waals surface area contributed by atoms with Crippen LogP contribution in [-0.4, -0.2) is 85.7 Å². The van der Waals surface area contributed by atoms with Gasteiger partial charge in [-0.2, -0.15) is 0 Å². The van der Waals surface area contributed by atoms with Crippen LogP contribution in [0.15, 0.2) is 0 Å². The molecule has 3 aliphatic heterocycles. The molecule has 23 heavy (non-hydrogen) atoms. The van der Waals surface area contributed by atoms with Crippen LogP contribution < -0.4 is 0 Å². The summed E-state index contributed by atoms with van der Waals surface area (Å²) in [6.07, 6.45) is 5.33. The summed E-state index contributed by atoms with van der Waals surface area (Å²) >= 11 is 0. The van der Waals surface area contributed by atoms with Gasteiger partial charge in [0.2, 0.25) is 0 Å². The van der Waals surface area contributed by atoms with E-state index in [1.54, 1.807) is 0 Å². The van der Waals surface area contributed by atoms with Gasteiger partial charge < -0.3 is 19.4 Å². The summed E-state index contributed by atoms with van der Waals surface area (Å²) < 4.78 is 5.73. The van der Waals surface area contributed by atoms with E-state index in [0.29, 0.717) is 18.5 Å². The predicted octanol–water partition coefficient (Wildman–Crippen LogP) is 1.64. The highest BCUT2D eigenvalue weighted by Gasteiger charge is 2.39. The highest BCUT2D eigenvalue weighted by atomic mass is 35.5. The van der Waals surface area contributed by atoms with Crippen molar-refractivity contribution in [3.05, 3.63) is 0 Å². The molecule has 0 amide bonds. The number of carbonyl (C=O) groups excluding carboxylic acids is 1. The molecular formula is C16H31Cl2N3O2. The maximum absolute atomic E-state index is 12.1. The summed E-state index contributed by atoms with van der Waals surface area (Å²) in [6, 6.07) is 1.28. The highest BCUT2D eigenvalue weighted by molar-refractivity contribution is 5.85. The monoisotopic (exact) mass is 367 g/mol. The molecule has 0 aromatic carbocycles. The van der Waals surface area contributed by atoms with Crippen molar-refractivity contribution < 1.29 is 9.53 Å². The third kappa shape index (κ3) is 5.46. The molecule has 3 rings (SSSR count). The fourth-order valence-electron chi connectivity index (χ4n) is 4.02. The highest BCUT2D eigenvalue weighted by Crippen LogP contribution is 2.35. The van der Waals surface area contributed by atoms with Crippen molar-refractivity contribution in [1.29, 1.82) is 0 Å². The number of likely N-dealkylation sites (N-methyl/N-ethyl adjacent to an activating group) is 1. The van der Waals surface area contributed by atoms with E-state index < -0.39 is 0 Å². The summed E-state index contributed by atoms with van der Waals surface area (Å²) in [5.74, 6) is 0.00267. The Labute approximate surface area is 152 Å². The van der Waals surface area contributed by atoms with Crippen molar-refractivity contribution in [2.75, 3.05) is 46.8 Å². The zero-order chi connectivity index (χ0) is 14.8. The number of esters is 1. The van der Waals surface area contributed by atoms with Gasteiger partial charge in [0.25, 0.3) is 0 Å². The van der Waals surface area contributed by atoms with Crippen molar-refractivity contribution >= 4 is 30.8 Å². The summed E-state index contributed by atoms with van der Waals surface area (Å²) in [5, 5.41) is 0. The molecule has 2 bridgehead atoms. The first-order chi connectivity index (χ1) is 10.1. The number of hydrogen-bond acceptors (Lipinski definition) is 5. The van der Waals surface area contributed by atoms with E-state index in [0.717, 1.165) is 45.6 Å². The molecule has 3 saturated heterocycles. The lowest BCUT2D eigenvalue weighted by atomic mass is 10.0. The molecule has 3 heterocycles. The number of piperidine rings is 1. The normalized spacial score (nSPS) is 32.0. The second-order valence-electron chi connectivity index (χ2n) is 7.03. The van der Waals surface area contributed by atoms with Crippen molar-refractivity contribution in [2.24, 2.45) is 0 Å². The lowest BCUT2D eigenvalue weighted by Crippen LogP contribution is -2.45. The number of piperazine rings is 1. The Hall–Kier alpha value is -0.0700. The molecule has 5 nitrogen and oxygen atoms in total. The van der Waals surface area contributed by atoms with Crippen molar-refractivity contribution in [1.82, 2.24) is 14.7 Å². The van der Waals surface area contributed by atoms with E-state index in [1.807, 2.05) is 0 Å². The molecule has 3 aliphatic rings. The van der Waals surface area contributed by atoms with Gasteiger partial charge in [-0.1, -0.05) is 0 Å². The Balaban J connectivity index is 0.00000132. The van der Waals surface area contributed by atoms with Crippen molar-refractivity contribution in [3.8, 4) is 0 Å². The summed E-state index contributed by atoms with van der Waals surface area (Å²) in [4.78, 5) is 19.3. The lowest BCUT2D eigenvalue weighted by molar-refractivity contribution is -0.152. The Morgan fingerprint density at radius 3 is 2.13 bits per heavy atom. The average molecular weight is 368 g/mol. The van der Waals surface area contributed by atoms with Gasteiger partial charge >= 0.3 is 5.97 Å². The van der Waals surface area contributed by atoms with Crippen LogP contribution in [0.5, 0.6) is 0 Å². The van der Waals surface area contributed by atoms with E-state index >= 15 is 0 Å². The molecule has 2 unspecified atom stereocenters. The molecule has 7 heteroatoms. The van der Waals surface area contributed by atoms with Crippen LogP contribution in [-0.2, 0) is 9.53 Å². The van der Waals surface area contributed by atoms with Gasteiger partial charge in [0.05, 0.1) is 6.42 Å². The van der Waals surface area contributed by atoms with Crippen molar-refractivity contribution in [3.63, 3.8) is 0 Å². The summed E-state index contributed by atoms with van der Waals surface area (Å²) in [6.45, 7) is 5.21. The molecule has 0 aromatic heterocycles. The molecule has 2 atom stereocenters. The zero-order valence-corrected chi connectivity index (χ0v) is 15.9. The Kier molecular flexibility index (Phi) is 8.59. The first kappa shape index (κ1) is 21.0. The van der Waals surface area contributed by atoms with Crippen LogP contribution in [0.2, 0.25) is 0 Å². The molecule has 0 spiro atoms. The average Bonchev–Trinajstić information content (AvgIpc) is 2.69. The van der Waals surface area contributed by atoms with E-state index in [9.17, 15) is 4.79 Å². The lowest BCUT2D eigenvalue weighted by Gasteiger charge is -2.36. The standard InChI is InChI=1S/C16H29N3O2.2ClH/c1-17-7-9-19(10-8-17)6-5-16(20)21-15-11-13-3-4-14(12-15)18(13)2;;/h13-15H,3-12H2,1-2H3;2*1H. The maximum atomic E-state index is 12.1. The number of fused-ring (bicyclic) bond motifs is 2. The van der Waals surface area contributed by atoms with Crippen LogP contribution >= 0.6 is 24.8 Å². The number of halogens is 2. The SMILES string of the molecule is CN1CCN(CCC(=O)OC2CC3CCC(C2)N3C)CC1.Cl.Cl. The number of ether oxygens (including phenoxy) is 1. The van der Waals surface area contributed by atoms with Gasteiger partial charge in [-0.15, -0.1) is 24.8 Å². The van der Waals surface area contributed by atoms with Gasteiger partial charge in [0.15, 0.2) is 0 Å². The zero-order valence-electron chi connectivity index (χ0n) is 14.3. The first-order valence-corrected chi connectivity index (χ1v) is 8.44. The van der Waals surface area contributed by atoms with E-state index in [1.165, 1.54) is 12.8 Å². The Morgan fingerprint density at radius 1 is 1.00 bits per heavy atom. The summed E-state index contributed by atoms with van der Waals surface area (Å²) in [5.41, 5.74) is 0. The van der Waals surface area contributed by atoms with Gasteiger partial charge in [-0.3, -0.25) is 4.79 Å². The van der Waals surface area contributed by atoms with Crippen LogP contribution in [0.3, 0.4) is 0 Å². The number of nitrogens with zero attached hydrogens (tertiary/aromatic N) is 3. The van der Waals surface area contributed by atoms with Crippen LogP contribution in [0, 0.1) is 0 Å². The van der Waals surface area contributed by atoms with Crippen molar-refractivity contribution in [2.45, 2.75) is 50.3 Å². The van der Waals surface area contributed by atoms with E-state index in [-0.39, 0.29) is 36.9 Å². The first-order valence-electron chi connectivity index (χ1n) is 8.44. The van der Waals surface area contributed by atoms with Gasteiger partial charge in [-0.25, -0.2) is 0 Å². The van der Waals surface area contributed by atoms with Gasteiger partial charge in [0, 0.05) is 44.8 Å². The predicted molar refractivity (Wildman–Crippen MR) is 96.7 cm³/mol. The number of rotatable bonds is 4. The maximum Gasteiger partial charge on any atom is 0.307 e. The smallest absolute Gasteiger partial charge is 0.307 e. The summed E-state index contributed by atoms with van der Waals surface area (Å²) in [7, 11) is 4.37. The number of carbonyl (C=O) groups is 1. The largest absolute Gasteiger partial charge is 0.462 e. The molecule has 0 aromatic rings. The van der Waals surface area contributed by atoms with Gasteiger partial charge in [-0.05, 0) is 39.8 Å².